The van der Waals surface area contributed by atoms with Gasteiger partial charge in [0, 0.05) is 25.3 Å². The number of carbonyl (C=O) groups excluding carboxylic acids is 1. The first kappa shape index (κ1) is 26.9. The molecule has 7 heteroatoms. The summed E-state index contributed by atoms with van der Waals surface area (Å²) in [6.07, 6.45) is 7.39. The van der Waals surface area contributed by atoms with Crippen LogP contribution in [0.2, 0.25) is 0 Å². The summed E-state index contributed by atoms with van der Waals surface area (Å²) < 4.78 is 29.6. The van der Waals surface area contributed by atoms with Crippen LogP contribution in [0.25, 0.3) is 6.08 Å². The quantitative estimate of drug-likeness (QED) is 0.205. The van der Waals surface area contributed by atoms with Crippen LogP contribution in [0.4, 0.5) is 0 Å². The highest BCUT2D eigenvalue weighted by Crippen LogP contribution is 2.59. The lowest BCUT2D eigenvalue weighted by Gasteiger charge is -2.42. The van der Waals surface area contributed by atoms with Gasteiger partial charge in [-0.3, -0.25) is 0 Å². The summed E-state index contributed by atoms with van der Waals surface area (Å²) in [5.41, 5.74) is 2.67. The minimum absolute atomic E-state index is 0.0104. The number of methoxy groups -OCH3 is 2. The van der Waals surface area contributed by atoms with Gasteiger partial charge in [-0.25, -0.2) is 4.79 Å². The SMILES string of the molecule is COc1ccc(/C=C/C(=O)O[C@@H]2CC[C@]3(CO3)[C@@H]([C@]3(C)O[C@H]3CC=C(C)C)[C@@H]2OC)cc1CN(C)C. The number of epoxide rings is 2. The molecule has 1 aromatic carbocycles. The number of ether oxygens (including phenoxy) is 5. The first-order valence-corrected chi connectivity index (χ1v) is 12.8. The average molecular weight is 500 g/mol. The molecule has 3 fully saturated rings. The Hall–Kier alpha value is -2.19. The summed E-state index contributed by atoms with van der Waals surface area (Å²) in [6.45, 7) is 7.80. The van der Waals surface area contributed by atoms with Crippen molar-refractivity contribution in [1.29, 1.82) is 0 Å². The van der Waals surface area contributed by atoms with Crippen LogP contribution in [0.5, 0.6) is 5.75 Å². The molecule has 36 heavy (non-hydrogen) atoms. The van der Waals surface area contributed by atoms with E-state index in [4.69, 9.17) is 23.7 Å². The Labute approximate surface area is 215 Å². The molecule has 2 heterocycles. The molecule has 0 bridgehead atoms. The molecule has 2 aliphatic heterocycles. The van der Waals surface area contributed by atoms with Crippen molar-refractivity contribution in [2.75, 3.05) is 34.9 Å². The molecule has 0 amide bonds. The van der Waals surface area contributed by atoms with E-state index >= 15 is 0 Å². The normalized spacial score (nSPS) is 33.1. The van der Waals surface area contributed by atoms with Gasteiger partial charge in [-0.2, -0.15) is 0 Å². The van der Waals surface area contributed by atoms with Gasteiger partial charge in [0.25, 0.3) is 0 Å². The molecule has 7 nitrogen and oxygen atoms in total. The molecule has 0 radical (unpaired) electrons. The fourth-order valence-electron chi connectivity index (χ4n) is 5.79. The van der Waals surface area contributed by atoms with Crippen molar-refractivity contribution in [3.63, 3.8) is 0 Å². The second-order valence-electron chi connectivity index (χ2n) is 11.0. The van der Waals surface area contributed by atoms with Gasteiger partial charge in [0.05, 0.1) is 25.7 Å². The molecule has 1 spiro atoms. The monoisotopic (exact) mass is 499 g/mol. The third kappa shape index (κ3) is 5.70. The summed E-state index contributed by atoms with van der Waals surface area (Å²) in [4.78, 5) is 14.9. The molecule has 198 valence electrons. The predicted molar refractivity (Wildman–Crippen MR) is 139 cm³/mol. The summed E-state index contributed by atoms with van der Waals surface area (Å²) >= 11 is 0. The smallest absolute Gasteiger partial charge is 0.331 e. The van der Waals surface area contributed by atoms with E-state index in [9.17, 15) is 4.79 Å². The van der Waals surface area contributed by atoms with Crippen LogP contribution in [-0.4, -0.2) is 75.3 Å². The predicted octanol–water partition coefficient (Wildman–Crippen LogP) is 4.39. The minimum Gasteiger partial charge on any atom is -0.496 e. The van der Waals surface area contributed by atoms with E-state index < -0.39 is 0 Å². The number of esters is 1. The second-order valence-corrected chi connectivity index (χ2v) is 11.0. The zero-order valence-corrected chi connectivity index (χ0v) is 22.7. The lowest BCUT2D eigenvalue weighted by atomic mass is 9.68. The molecule has 1 aromatic rings. The van der Waals surface area contributed by atoms with Crippen LogP contribution in [0.1, 0.15) is 51.2 Å². The zero-order valence-electron chi connectivity index (χ0n) is 22.7. The Kier molecular flexibility index (Phi) is 7.95. The van der Waals surface area contributed by atoms with E-state index in [1.54, 1.807) is 20.3 Å². The first-order valence-electron chi connectivity index (χ1n) is 12.8. The van der Waals surface area contributed by atoms with E-state index in [0.29, 0.717) is 13.0 Å². The van der Waals surface area contributed by atoms with E-state index in [-0.39, 0.29) is 41.4 Å². The van der Waals surface area contributed by atoms with E-state index in [2.05, 4.69) is 31.7 Å². The highest BCUT2D eigenvalue weighted by molar-refractivity contribution is 5.87. The standard InChI is InChI=1S/C29H41NO6/c1-19(2)8-12-24-28(3,36-24)27-26(33-7)23(14-15-29(27)18-34-29)35-25(31)13-10-20-9-11-22(32-6)21(16-20)17-30(4)5/h8-11,13,16,23-24,26-27H,12,14-15,17-18H2,1-7H3/b13-10+/t23-,24+,26-,27-,28-,29+/m1/s1. The number of benzene rings is 1. The summed E-state index contributed by atoms with van der Waals surface area (Å²) in [7, 11) is 7.38. The van der Waals surface area contributed by atoms with Crippen molar-refractivity contribution in [2.24, 2.45) is 5.92 Å². The Morgan fingerprint density at radius 1 is 1.25 bits per heavy atom. The third-order valence-corrected chi connectivity index (χ3v) is 7.71. The van der Waals surface area contributed by atoms with Crippen molar-refractivity contribution in [3.05, 3.63) is 47.1 Å². The zero-order chi connectivity index (χ0) is 26.1. The van der Waals surface area contributed by atoms with Gasteiger partial charge in [0.15, 0.2) is 0 Å². The maximum Gasteiger partial charge on any atom is 0.331 e. The fourth-order valence-corrected chi connectivity index (χ4v) is 5.79. The molecule has 4 rings (SSSR count). The molecular weight excluding hydrogens is 458 g/mol. The van der Waals surface area contributed by atoms with E-state index in [1.807, 2.05) is 32.3 Å². The van der Waals surface area contributed by atoms with E-state index in [0.717, 1.165) is 36.3 Å². The highest BCUT2D eigenvalue weighted by Gasteiger charge is 2.72. The molecule has 0 N–H and O–H groups in total. The van der Waals surface area contributed by atoms with Crippen molar-refractivity contribution < 1.29 is 28.5 Å². The van der Waals surface area contributed by atoms with Gasteiger partial charge in [0.1, 0.15) is 29.2 Å². The number of hydrogen-bond acceptors (Lipinski definition) is 7. The number of hydrogen-bond donors (Lipinski definition) is 0. The number of allylic oxidation sites excluding steroid dienone is 1. The van der Waals surface area contributed by atoms with Gasteiger partial charge in [-0.05, 0) is 77.9 Å². The van der Waals surface area contributed by atoms with Gasteiger partial charge >= 0.3 is 5.97 Å². The Morgan fingerprint density at radius 2 is 2.00 bits per heavy atom. The summed E-state index contributed by atoms with van der Waals surface area (Å²) in [6, 6.07) is 5.89. The van der Waals surface area contributed by atoms with Crippen LogP contribution in [0.3, 0.4) is 0 Å². The van der Waals surface area contributed by atoms with Crippen molar-refractivity contribution in [2.45, 2.75) is 76.1 Å². The van der Waals surface area contributed by atoms with Crippen LogP contribution in [0.15, 0.2) is 35.9 Å². The molecule has 2 saturated heterocycles. The lowest BCUT2D eigenvalue weighted by molar-refractivity contribution is -0.166. The number of carbonyl (C=O) groups is 1. The molecule has 0 unspecified atom stereocenters. The summed E-state index contributed by atoms with van der Waals surface area (Å²) in [5, 5.41) is 0. The topological polar surface area (TPSA) is 73.1 Å². The van der Waals surface area contributed by atoms with Crippen molar-refractivity contribution in [3.8, 4) is 5.75 Å². The molecule has 6 atom stereocenters. The highest BCUT2D eigenvalue weighted by atomic mass is 16.6. The maximum atomic E-state index is 12.9. The molecule has 3 aliphatic rings. The third-order valence-electron chi connectivity index (χ3n) is 7.71. The number of nitrogens with zero attached hydrogens (tertiary/aromatic N) is 1. The Balaban J connectivity index is 1.44. The molecule has 1 aliphatic carbocycles. The second kappa shape index (κ2) is 10.7. The van der Waals surface area contributed by atoms with Gasteiger partial charge in [0.2, 0.25) is 0 Å². The molecular formula is C29H41NO6. The lowest BCUT2D eigenvalue weighted by Crippen LogP contribution is -2.55. The van der Waals surface area contributed by atoms with E-state index in [1.165, 1.54) is 11.6 Å². The van der Waals surface area contributed by atoms with Crippen LogP contribution in [-0.2, 0) is 30.3 Å². The Bertz CT molecular complexity index is 1010. The average Bonchev–Trinajstić information content (AvgIpc) is 3.74. The largest absolute Gasteiger partial charge is 0.496 e. The first-order chi connectivity index (χ1) is 17.1. The van der Waals surface area contributed by atoms with Crippen LogP contribution < -0.4 is 4.74 Å². The van der Waals surface area contributed by atoms with Crippen molar-refractivity contribution >= 4 is 12.0 Å². The van der Waals surface area contributed by atoms with Gasteiger partial charge in [-0.15, -0.1) is 0 Å². The molecule has 0 aromatic heterocycles. The number of rotatable bonds is 10. The van der Waals surface area contributed by atoms with Crippen LogP contribution in [0, 0.1) is 5.92 Å². The molecule has 1 saturated carbocycles. The van der Waals surface area contributed by atoms with Crippen molar-refractivity contribution in [1.82, 2.24) is 4.90 Å². The Morgan fingerprint density at radius 3 is 2.61 bits per heavy atom. The minimum atomic E-state index is -0.374. The van der Waals surface area contributed by atoms with Gasteiger partial charge < -0.3 is 28.6 Å². The maximum absolute atomic E-state index is 12.9. The summed E-state index contributed by atoms with van der Waals surface area (Å²) in [5.74, 6) is 0.465. The van der Waals surface area contributed by atoms with Gasteiger partial charge in [-0.1, -0.05) is 17.7 Å². The van der Waals surface area contributed by atoms with Crippen LogP contribution >= 0.6 is 0 Å². The fraction of sp³-hybridized carbons (Fsp3) is 0.621.